The van der Waals surface area contributed by atoms with Gasteiger partial charge in [-0.1, -0.05) is 0 Å². The van der Waals surface area contributed by atoms with Crippen LogP contribution in [0.4, 0.5) is 0 Å². The summed E-state index contributed by atoms with van der Waals surface area (Å²) in [4.78, 5) is 22.5. The molecule has 0 atom stereocenters. The smallest absolute Gasteiger partial charge is 0.331 e. The molecule has 0 aromatic rings. The summed E-state index contributed by atoms with van der Waals surface area (Å²) in [5.41, 5.74) is 0. The molecule has 0 aliphatic carbocycles. The number of carbonyl (C=O) groups is 2. The van der Waals surface area contributed by atoms with Gasteiger partial charge in [-0.15, -0.1) is 0 Å². The largest absolute Gasteiger partial charge is 0.354 e. The Morgan fingerprint density at radius 1 is 1.00 bits per heavy atom. The first-order valence-electron chi connectivity index (χ1n) is 3.63. The average molecular weight is 190 g/mol. The maximum Gasteiger partial charge on any atom is 0.331 e. The Kier molecular flexibility index (Phi) is 4.36. The Hall–Kier alpha value is -1.14. The van der Waals surface area contributed by atoms with Crippen molar-refractivity contribution in [2.75, 3.05) is 28.3 Å². The van der Waals surface area contributed by atoms with Gasteiger partial charge in [0.25, 0.3) is 11.8 Å². The number of nitrogens with one attached hydrogen (secondary N) is 2. The van der Waals surface area contributed by atoms with Crippen LogP contribution in [0.2, 0.25) is 0 Å². The summed E-state index contributed by atoms with van der Waals surface area (Å²) in [5.74, 6) is -3.21. The predicted molar refractivity (Wildman–Crippen MR) is 44.9 cm³/mol. The lowest BCUT2D eigenvalue weighted by Crippen LogP contribution is -2.58. The minimum atomic E-state index is -1.90. The Morgan fingerprint density at radius 2 is 1.31 bits per heavy atom. The number of likely N-dealkylation sites (N-methyl/N-ethyl adjacent to an activating group) is 2. The van der Waals surface area contributed by atoms with Crippen molar-refractivity contribution in [2.45, 2.75) is 5.79 Å². The molecule has 0 saturated heterocycles. The lowest BCUT2D eigenvalue weighted by molar-refractivity contribution is -0.209. The molecule has 0 spiro atoms. The molecule has 0 bridgehead atoms. The van der Waals surface area contributed by atoms with Crippen LogP contribution in [0, 0.1) is 0 Å². The van der Waals surface area contributed by atoms with Crippen LogP contribution in [0.15, 0.2) is 0 Å². The first-order chi connectivity index (χ1) is 6.08. The minimum absolute atomic E-state index is 0.656. The Balaban J connectivity index is 4.90. The van der Waals surface area contributed by atoms with Crippen LogP contribution >= 0.6 is 0 Å². The van der Waals surface area contributed by atoms with Crippen LogP contribution in [-0.4, -0.2) is 45.9 Å². The molecule has 0 aromatic heterocycles. The summed E-state index contributed by atoms with van der Waals surface area (Å²) in [5, 5.41) is 4.55. The van der Waals surface area contributed by atoms with Crippen molar-refractivity contribution in [3.8, 4) is 0 Å². The van der Waals surface area contributed by atoms with Gasteiger partial charge in [-0.3, -0.25) is 9.59 Å². The fourth-order valence-electron chi connectivity index (χ4n) is 0.886. The molecule has 2 amide bonds. The van der Waals surface area contributed by atoms with Crippen molar-refractivity contribution >= 4 is 11.8 Å². The SMILES string of the molecule is CNC(=O)C(OC)(OC)C(=O)NC. The van der Waals surface area contributed by atoms with Gasteiger partial charge in [-0.05, 0) is 0 Å². The third-order valence-corrected chi connectivity index (χ3v) is 1.63. The monoisotopic (exact) mass is 190 g/mol. The van der Waals surface area contributed by atoms with Crippen molar-refractivity contribution in [1.82, 2.24) is 10.6 Å². The van der Waals surface area contributed by atoms with E-state index in [9.17, 15) is 9.59 Å². The van der Waals surface area contributed by atoms with E-state index in [4.69, 9.17) is 9.47 Å². The van der Waals surface area contributed by atoms with Gasteiger partial charge in [0, 0.05) is 28.3 Å². The highest BCUT2D eigenvalue weighted by Crippen LogP contribution is 2.11. The number of ether oxygens (including phenoxy) is 2. The van der Waals surface area contributed by atoms with Gasteiger partial charge in [0.2, 0.25) is 0 Å². The third-order valence-electron chi connectivity index (χ3n) is 1.63. The van der Waals surface area contributed by atoms with E-state index >= 15 is 0 Å². The molecule has 0 rings (SSSR count). The van der Waals surface area contributed by atoms with Crippen molar-refractivity contribution in [1.29, 1.82) is 0 Å². The van der Waals surface area contributed by atoms with Crippen molar-refractivity contribution in [3.05, 3.63) is 0 Å². The molecule has 0 heterocycles. The number of carbonyl (C=O) groups excluding carboxylic acids is 2. The lowest BCUT2D eigenvalue weighted by Gasteiger charge is -2.26. The highest BCUT2D eigenvalue weighted by Gasteiger charge is 2.46. The average Bonchev–Trinajstić information content (AvgIpc) is 2.19. The molecular weight excluding hydrogens is 176 g/mol. The second-order valence-corrected chi connectivity index (χ2v) is 2.18. The maximum absolute atomic E-state index is 11.3. The van der Waals surface area contributed by atoms with Gasteiger partial charge >= 0.3 is 5.79 Å². The van der Waals surface area contributed by atoms with E-state index in [1.165, 1.54) is 28.3 Å². The van der Waals surface area contributed by atoms with Gasteiger partial charge in [0.15, 0.2) is 0 Å². The minimum Gasteiger partial charge on any atom is -0.354 e. The van der Waals surface area contributed by atoms with Crippen LogP contribution in [-0.2, 0) is 19.1 Å². The molecule has 13 heavy (non-hydrogen) atoms. The summed E-state index contributed by atoms with van der Waals surface area (Å²) in [6, 6.07) is 0. The fourth-order valence-corrected chi connectivity index (χ4v) is 0.886. The van der Waals surface area contributed by atoms with E-state index in [1.807, 2.05) is 0 Å². The number of methoxy groups -OCH3 is 2. The van der Waals surface area contributed by atoms with Crippen LogP contribution in [0.1, 0.15) is 0 Å². The molecular formula is C7H14N2O4. The summed E-state index contributed by atoms with van der Waals surface area (Å²) >= 11 is 0. The quantitative estimate of drug-likeness (QED) is 0.416. The van der Waals surface area contributed by atoms with Gasteiger partial charge in [0.05, 0.1) is 0 Å². The zero-order valence-corrected chi connectivity index (χ0v) is 8.13. The second kappa shape index (κ2) is 4.78. The third kappa shape index (κ3) is 1.96. The topological polar surface area (TPSA) is 76.7 Å². The first kappa shape index (κ1) is 11.9. The van der Waals surface area contributed by atoms with Crippen LogP contribution in [0.25, 0.3) is 0 Å². The summed E-state index contributed by atoms with van der Waals surface area (Å²) in [6.07, 6.45) is 0. The molecule has 0 unspecified atom stereocenters. The van der Waals surface area contributed by atoms with E-state index in [1.54, 1.807) is 0 Å². The van der Waals surface area contributed by atoms with Gasteiger partial charge < -0.3 is 20.1 Å². The van der Waals surface area contributed by atoms with E-state index in [0.717, 1.165) is 0 Å². The molecule has 76 valence electrons. The van der Waals surface area contributed by atoms with Gasteiger partial charge in [-0.2, -0.15) is 0 Å². The molecule has 0 aliphatic heterocycles. The van der Waals surface area contributed by atoms with E-state index < -0.39 is 17.6 Å². The van der Waals surface area contributed by atoms with Crippen molar-refractivity contribution in [3.63, 3.8) is 0 Å². The molecule has 6 heteroatoms. The highest BCUT2D eigenvalue weighted by atomic mass is 16.7. The molecule has 0 fully saturated rings. The van der Waals surface area contributed by atoms with Gasteiger partial charge in [-0.25, -0.2) is 0 Å². The molecule has 0 aliphatic rings. The number of hydrogen-bond acceptors (Lipinski definition) is 4. The Morgan fingerprint density at radius 3 is 1.46 bits per heavy atom. The maximum atomic E-state index is 11.3. The van der Waals surface area contributed by atoms with Crippen LogP contribution in [0.5, 0.6) is 0 Å². The Labute approximate surface area is 76.6 Å². The molecule has 0 saturated carbocycles. The summed E-state index contributed by atoms with van der Waals surface area (Å²) < 4.78 is 9.49. The molecule has 0 radical (unpaired) electrons. The first-order valence-corrected chi connectivity index (χ1v) is 3.63. The van der Waals surface area contributed by atoms with Crippen molar-refractivity contribution in [2.24, 2.45) is 0 Å². The lowest BCUT2D eigenvalue weighted by atomic mass is 10.2. The van der Waals surface area contributed by atoms with Crippen LogP contribution in [0.3, 0.4) is 0 Å². The highest BCUT2D eigenvalue weighted by molar-refractivity contribution is 6.06. The summed E-state index contributed by atoms with van der Waals surface area (Å²) in [7, 11) is 5.21. The zero-order valence-electron chi connectivity index (χ0n) is 8.13. The van der Waals surface area contributed by atoms with Gasteiger partial charge in [0.1, 0.15) is 0 Å². The Bertz CT molecular complexity index is 183. The number of amides is 2. The van der Waals surface area contributed by atoms with E-state index in [0.29, 0.717) is 0 Å². The molecule has 6 nitrogen and oxygen atoms in total. The predicted octanol–water partition coefficient (Wildman–Crippen LogP) is -1.53. The van der Waals surface area contributed by atoms with Crippen molar-refractivity contribution < 1.29 is 19.1 Å². The second-order valence-electron chi connectivity index (χ2n) is 2.18. The summed E-state index contributed by atoms with van der Waals surface area (Å²) in [6.45, 7) is 0. The molecule has 2 N–H and O–H groups in total. The molecule has 0 aromatic carbocycles. The normalized spacial score (nSPS) is 10.8. The fraction of sp³-hybridized carbons (Fsp3) is 0.714. The van der Waals surface area contributed by atoms with E-state index in [-0.39, 0.29) is 0 Å². The number of hydrogen-bond donors (Lipinski definition) is 2. The zero-order chi connectivity index (χ0) is 10.5. The standard InChI is InChI=1S/C7H14N2O4/c1-8-5(10)7(12-3,13-4)6(11)9-2/h1-4H3,(H,8,10)(H,9,11). The van der Waals surface area contributed by atoms with Crippen LogP contribution < -0.4 is 10.6 Å². The number of rotatable bonds is 4. The van der Waals surface area contributed by atoms with E-state index in [2.05, 4.69) is 10.6 Å².